The van der Waals surface area contributed by atoms with Crippen molar-refractivity contribution in [3.05, 3.63) is 12.2 Å². The lowest BCUT2D eigenvalue weighted by molar-refractivity contribution is -0.104. The predicted octanol–water partition coefficient (Wildman–Crippen LogP) is 5.44. The van der Waals surface area contributed by atoms with E-state index in [0.717, 1.165) is 60.2 Å². The lowest BCUT2D eigenvalue weighted by Gasteiger charge is -2.58. The van der Waals surface area contributed by atoms with Crippen LogP contribution in [0.4, 0.5) is 0 Å². The molecular weight excluding hydrogens is 292 g/mol. The fraction of sp³-hybridized carbons (Fsp3) is 0.913. The van der Waals surface area contributed by atoms with Gasteiger partial charge in [0.2, 0.25) is 0 Å². The van der Waals surface area contributed by atoms with E-state index >= 15 is 0 Å². The average molecular weight is 329 g/mol. The molecule has 1 N–H and O–H groups in total. The van der Waals surface area contributed by atoms with Crippen LogP contribution in [0.5, 0.6) is 0 Å². The summed E-state index contributed by atoms with van der Waals surface area (Å²) in [6.07, 6.45) is 10.7. The van der Waals surface area contributed by atoms with Gasteiger partial charge < -0.3 is 5.11 Å². The van der Waals surface area contributed by atoms with Crippen molar-refractivity contribution in [2.75, 3.05) is 0 Å². The van der Waals surface area contributed by atoms with Crippen molar-refractivity contribution >= 4 is 0 Å². The van der Waals surface area contributed by atoms with Crippen molar-refractivity contribution in [3.8, 4) is 0 Å². The Bertz CT molecular complexity index is 562. The Labute approximate surface area is 148 Å². The third-order valence-corrected chi connectivity index (χ3v) is 9.56. The van der Waals surface area contributed by atoms with Crippen molar-refractivity contribution in [1.29, 1.82) is 0 Å². The topological polar surface area (TPSA) is 20.2 Å². The minimum atomic E-state index is -0.378. The molecule has 0 amide bonds. The average Bonchev–Trinajstić information content (AvgIpc) is 3.19. The van der Waals surface area contributed by atoms with Crippen LogP contribution in [0.3, 0.4) is 0 Å². The van der Waals surface area contributed by atoms with E-state index in [9.17, 15) is 5.11 Å². The summed E-state index contributed by atoms with van der Waals surface area (Å²) in [5.41, 5.74) is 1.67. The Morgan fingerprint density at radius 3 is 2.42 bits per heavy atom. The third kappa shape index (κ3) is 2.03. The molecule has 0 radical (unpaired) electrons. The molecule has 0 unspecified atom stereocenters. The van der Waals surface area contributed by atoms with Crippen LogP contribution in [-0.2, 0) is 0 Å². The molecule has 1 heteroatoms. The summed E-state index contributed by atoms with van der Waals surface area (Å²) in [4.78, 5) is 0. The van der Waals surface area contributed by atoms with Crippen molar-refractivity contribution in [1.82, 2.24) is 0 Å². The van der Waals surface area contributed by atoms with Gasteiger partial charge in [-0.15, -0.1) is 0 Å². The zero-order chi connectivity index (χ0) is 16.9. The molecule has 10 atom stereocenters. The van der Waals surface area contributed by atoms with Gasteiger partial charge in [-0.1, -0.05) is 19.1 Å². The number of allylic oxidation sites excluding steroid dienone is 1. The summed E-state index contributed by atoms with van der Waals surface area (Å²) in [6, 6.07) is 0. The zero-order valence-corrected chi connectivity index (χ0v) is 15.9. The van der Waals surface area contributed by atoms with Crippen molar-refractivity contribution < 1.29 is 5.11 Å². The lowest BCUT2D eigenvalue weighted by atomic mass is 9.47. The van der Waals surface area contributed by atoms with Crippen LogP contribution in [-0.4, -0.2) is 10.7 Å². The van der Waals surface area contributed by atoms with Gasteiger partial charge in [-0.3, -0.25) is 0 Å². The molecule has 5 fully saturated rings. The van der Waals surface area contributed by atoms with E-state index in [2.05, 4.69) is 27.4 Å². The first-order valence-electron chi connectivity index (χ1n) is 10.7. The minimum absolute atomic E-state index is 0.378. The molecule has 5 saturated carbocycles. The monoisotopic (exact) mass is 328 g/mol. The molecule has 0 aromatic heterocycles. The van der Waals surface area contributed by atoms with Crippen molar-refractivity contribution in [3.63, 3.8) is 0 Å². The first-order chi connectivity index (χ1) is 11.3. The van der Waals surface area contributed by atoms with Crippen molar-refractivity contribution in [2.45, 2.75) is 77.7 Å². The maximum Gasteiger partial charge on any atom is 0.0622 e. The van der Waals surface area contributed by atoms with Gasteiger partial charge in [0, 0.05) is 0 Å². The van der Waals surface area contributed by atoms with Gasteiger partial charge in [0.05, 0.1) is 5.60 Å². The molecule has 134 valence electrons. The van der Waals surface area contributed by atoms with E-state index < -0.39 is 0 Å². The van der Waals surface area contributed by atoms with Crippen LogP contribution in [0, 0.1) is 52.8 Å². The molecule has 0 bridgehead atoms. The number of hydrogen-bond donors (Lipinski definition) is 1. The highest BCUT2D eigenvalue weighted by molar-refractivity contribution is 5.24. The Hall–Kier alpha value is -0.300. The third-order valence-electron chi connectivity index (χ3n) is 9.56. The van der Waals surface area contributed by atoms with Crippen LogP contribution in [0.15, 0.2) is 12.2 Å². The van der Waals surface area contributed by atoms with Crippen molar-refractivity contribution in [2.24, 2.45) is 52.8 Å². The molecule has 0 aliphatic heterocycles. The van der Waals surface area contributed by atoms with Gasteiger partial charge in [-0.05, 0) is 118 Å². The highest BCUT2D eigenvalue weighted by atomic mass is 16.3. The summed E-state index contributed by atoms with van der Waals surface area (Å²) in [6.45, 7) is 11.4. The zero-order valence-electron chi connectivity index (χ0n) is 15.9. The number of fused-ring (bicyclic) bond motifs is 7. The molecule has 0 heterocycles. The Morgan fingerprint density at radius 1 is 0.917 bits per heavy atom. The van der Waals surface area contributed by atoms with Gasteiger partial charge in [0.15, 0.2) is 0 Å². The summed E-state index contributed by atoms with van der Waals surface area (Å²) in [5.74, 6) is 7.54. The van der Waals surface area contributed by atoms with E-state index in [-0.39, 0.29) is 5.60 Å². The van der Waals surface area contributed by atoms with Crippen LogP contribution in [0.2, 0.25) is 0 Å². The van der Waals surface area contributed by atoms with Gasteiger partial charge in [-0.25, -0.2) is 0 Å². The molecule has 24 heavy (non-hydrogen) atoms. The smallest absolute Gasteiger partial charge is 0.0622 e. The maximum absolute atomic E-state index is 10.5. The van der Waals surface area contributed by atoms with Crippen LogP contribution < -0.4 is 0 Å². The predicted molar refractivity (Wildman–Crippen MR) is 98.4 cm³/mol. The minimum Gasteiger partial charge on any atom is -0.390 e. The number of hydrogen-bond acceptors (Lipinski definition) is 1. The summed E-state index contributed by atoms with van der Waals surface area (Å²) < 4.78 is 0. The second-order valence-corrected chi connectivity index (χ2v) is 11.0. The highest BCUT2D eigenvalue weighted by Gasteiger charge is 2.69. The highest BCUT2D eigenvalue weighted by Crippen LogP contribution is 2.75. The normalized spacial score (nSPS) is 61.3. The SMILES string of the molecule is C=C(C)[C@H]1[C@H]2C[C@H]2[C@H]2[C@@H]3CC[C@@H]4C[C@](C)(O)CC[C@@H]4[C@H]3CC[C@@]21C. The molecule has 5 aliphatic carbocycles. The first-order valence-corrected chi connectivity index (χ1v) is 10.7. The molecule has 5 aliphatic rings. The Morgan fingerprint density at radius 2 is 1.67 bits per heavy atom. The largest absolute Gasteiger partial charge is 0.390 e. The lowest BCUT2D eigenvalue weighted by Crippen LogP contribution is -2.51. The molecule has 0 spiro atoms. The van der Waals surface area contributed by atoms with Crippen LogP contribution in [0.1, 0.15) is 72.1 Å². The van der Waals surface area contributed by atoms with Gasteiger partial charge in [0.25, 0.3) is 0 Å². The first kappa shape index (κ1) is 15.9. The molecule has 0 aromatic carbocycles. The van der Waals surface area contributed by atoms with Gasteiger partial charge >= 0.3 is 0 Å². The Kier molecular flexibility index (Phi) is 3.25. The molecule has 5 rings (SSSR count). The van der Waals surface area contributed by atoms with E-state index in [4.69, 9.17) is 0 Å². The molecule has 0 saturated heterocycles. The second kappa shape index (κ2) is 4.90. The number of aliphatic hydroxyl groups is 1. The maximum atomic E-state index is 10.5. The van der Waals surface area contributed by atoms with Crippen LogP contribution >= 0.6 is 0 Å². The quantitative estimate of drug-likeness (QED) is 0.636. The Balaban J connectivity index is 1.43. The molecule has 0 aromatic rings. The summed E-state index contributed by atoms with van der Waals surface area (Å²) >= 11 is 0. The van der Waals surface area contributed by atoms with Gasteiger partial charge in [-0.2, -0.15) is 0 Å². The van der Waals surface area contributed by atoms with Crippen LogP contribution in [0.25, 0.3) is 0 Å². The second-order valence-electron chi connectivity index (χ2n) is 11.0. The summed E-state index contributed by atoms with van der Waals surface area (Å²) in [5, 5.41) is 10.5. The summed E-state index contributed by atoms with van der Waals surface area (Å²) in [7, 11) is 0. The van der Waals surface area contributed by atoms with E-state index in [1.807, 2.05) is 0 Å². The van der Waals surface area contributed by atoms with Gasteiger partial charge in [0.1, 0.15) is 0 Å². The number of rotatable bonds is 1. The van der Waals surface area contributed by atoms with E-state index in [1.54, 1.807) is 0 Å². The van der Waals surface area contributed by atoms with E-state index in [0.29, 0.717) is 5.41 Å². The fourth-order valence-corrected chi connectivity index (χ4v) is 8.98. The van der Waals surface area contributed by atoms with E-state index in [1.165, 1.54) is 44.1 Å². The molecular formula is C23H36O. The molecule has 1 nitrogen and oxygen atoms in total. The fourth-order valence-electron chi connectivity index (χ4n) is 8.98. The standard InChI is InChI=1S/C23H36O/c1-13(2)20-18-11-19(18)21-17-6-5-14-12-22(3,24)9-7-15(14)16(17)8-10-23(20,21)4/h14-21,24H,1,5-12H2,2-4H3/t14-,15+,16-,17-,18+,19-,20+,21-,22-,23-/m1/s1.